The van der Waals surface area contributed by atoms with E-state index in [1.165, 1.54) is 0 Å². The maximum absolute atomic E-state index is 12.1. The van der Waals surface area contributed by atoms with Crippen LogP contribution >= 0.6 is 0 Å². The summed E-state index contributed by atoms with van der Waals surface area (Å²) in [6, 6.07) is 3.49. The number of hydrogen-bond donors (Lipinski definition) is 1. The highest BCUT2D eigenvalue weighted by Gasteiger charge is 2.21. The van der Waals surface area contributed by atoms with Crippen LogP contribution in [0.15, 0.2) is 12.1 Å². The second kappa shape index (κ2) is 7.57. The van der Waals surface area contributed by atoms with Gasteiger partial charge in [0.25, 0.3) is 5.91 Å². The summed E-state index contributed by atoms with van der Waals surface area (Å²) in [7, 11) is 0. The minimum atomic E-state index is -0.231. The Morgan fingerprint density at radius 3 is 2.62 bits per heavy atom. The monoisotopic (exact) mass is 333 g/mol. The highest BCUT2D eigenvalue weighted by Crippen LogP contribution is 2.13. The number of carbonyl (C=O) groups is 2. The van der Waals surface area contributed by atoms with Gasteiger partial charge in [-0.2, -0.15) is 0 Å². The lowest BCUT2D eigenvalue weighted by Gasteiger charge is -2.34. The van der Waals surface area contributed by atoms with Crippen LogP contribution in [0.2, 0.25) is 0 Å². The van der Waals surface area contributed by atoms with E-state index in [4.69, 9.17) is 4.74 Å². The summed E-state index contributed by atoms with van der Waals surface area (Å²) in [6.45, 7) is 5.67. The lowest BCUT2D eigenvalue weighted by atomic mass is 10.2. The van der Waals surface area contributed by atoms with Crippen LogP contribution in [-0.2, 0) is 9.53 Å². The first kappa shape index (κ1) is 16.6. The third-order valence-electron chi connectivity index (χ3n) is 4.45. The van der Waals surface area contributed by atoms with Crippen LogP contribution < -0.4 is 10.2 Å². The predicted octanol–water partition coefficient (Wildman–Crippen LogP) is 0.0539. The van der Waals surface area contributed by atoms with E-state index < -0.39 is 0 Å². The topological polar surface area (TPSA) is 87.7 Å². The van der Waals surface area contributed by atoms with Crippen LogP contribution in [0, 0.1) is 0 Å². The van der Waals surface area contributed by atoms with Crippen LogP contribution in [0.5, 0.6) is 0 Å². The van der Waals surface area contributed by atoms with Crippen molar-refractivity contribution >= 4 is 17.6 Å². The van der Waals surface area contributed by atoms with Gasteiger partial charge >= 0.3 is 0 Å². The fourth-order valence-electron chi connectivity index (χ4n) is 2.97. The molecule has 1 N–H and O–H groups in total. The van der Waals surface area contributed by atoms with E-state index in [-0.39, 0.29) is 17.9 Å². The fraction of sp³-hybridized carbons (Fsp3) is 0.625. The predicted molar refractivity (Wildman–Crippen MR) is 87.8 cm³/mol. The van der Waals surface area contributed by atoms with Gasteiger partial charge in [-0.3, -0.25) is 9.59 Å². The van der Waals surface area contributed by atoms with E-state index in [2.05, 4.69) is 20.4 Å². The van der Waals surface area contributed by atoms with Gasteiger partial charge in [-0.1, -0.05) is 0 Å². The van der Waals surface area contributed by atoms with Crippen molar-refractivity contribution in [3.8, 4) is 0 Å². The normalized spacial score (nSPS) is 21.0. The summed E-state index contributed by atoms with van der Waals surface area (Å²) >= 11 is 0. The van der Waals surface area contributed by atoms with Gasteiger partial charge in [-0.25, -0.2) is 0 Å². The van der Waals surface area contributed by atoms with Gasteiger partial charge in [0, 0.05) is 46.3 Å². The molecule has 24 heavy (non-hydrogen) atoms. The number of anilines is 1. The number of rotatable bonds is 4. The molecule has 3 heterocycles. The first-order valence-corrected chi connectivity index (χ1v) is 8.37. The molecule has 0 aromatic carbocycles. The number of nitrogens with zero attached hydrogens (tertiary/aromatic N) is 4. The largest absolute Gasteiger partial charge is 0.376 e. The zero-order valence-electron chi connectivity index (χ0n) is 13.9. The number of hydrogen-bond acceptors (Lipinski definition) is 6. The number of nitrogens with one attached hydrogen (secondary N) is 1. The Kier molecular flexibility index (Phi) is 5.24. The molecule has 0 aliphatic carbocycles. The molecule has 0 spiro atoms. The minimum Gasteiger partial charge on any atom is -0.376 e. The van der Waals surface area contributed by atoms with Crippen LogP contribution in [0.1, 0.15) is 30.3 Å². The SMILES string of the molecule is CC(=O)N1CCN(c2ccc(C(=O)NCC3CCCO3)nn2)CC1. The molecule has 2 aliphatic heterocycles. The quantitative estimate of drug-likeness (QED) is 0.838. The summed E-state index contributed by atoms with van der Waals surface area (Å²) in [6.07, 6.45) is 2.14. The number of aromatic nitrogens is 2. The van der Waals surface area contributed by atoms with Crippen molar-refractivity contribution in [2.45, 2.75) is 25.9 Å². The molecule has 3 rings (SSSR count). The zero-order valence-corrected chi connectivity index (χ0v) is 13.9. The highest BCUT2D eigenvalue weighted by atomic mass is 16.5. The molecule has 8 heteroatoms. The zero-order chi connectivity index (χ0) is 16.9. The van der Waals surface area contributed by atoms with Crippen LogP contribution in [-0.4, -0.2) is 72.3 Å². The third kappa shape index (κ3) is 4.00. The lowest BCUT2D eigenvalue weighted by Crippen LogP contribution is -2.48. The minimum absolute atomic E-state index is 0.0963. The van der Waals surface area contributed by atoms with Gasteiger partial charge in [0.15, 0.2) is 11.5 Å². The molecule has 2 aliphatic rings. The van der Waals surface area contributed by atoms with Crippen molar-refractivity contribution in [1.82, 2.24) is 20.4 Å². The summed E-state index contributed by atoms with van der Waals surface area (Å²) in [5.74, 6) is 0.596. The Labute approximate surface area is 141 Å². The Bertz CT molecular complexity index is 578. The number of piperazine rings is 1. The van der Waals surface area contributed by atoms with Crippen LogP contribution in [0.25, 0.3) is 0 Å². The van der Waals surface area contributed by atoms with E-state index in [1.807, 2.05) is 4.90 Å². The second-order valence-electron chi connectivity index (χ2n) is 6.11. The van der Waals surface area contributed by atoms with Crippen LogP contribution in [0.3, 0.4) is 0 Å². The van der Waals surface area contributed by atoms with Gasteiger partial charge in [-0.15, -0.1) is 10.2 Å². The van der Waals surface area contributed by atoms with E-state index in [0.29, 0.717) is 25.3 Å². The fourth-order valence-corrected chi connectivity index (χ4v) is 2.97. The molecule has 2 saturated heterocycles. The van der Waals surface area contributed by atoms with Gasteiger partial charge in [-0.05, 0) is 25.0 Å². The van der Waals surface area contributed by atoms with Crippen molar-refractivity contribution in [2.75, 3.05) is 44.2 Å². The molecule has 1 aromatic rings. The Balaban J connectivity index is 1.51. The molecular weight excluding hydrogens is 310 g/mol. The molecular formula is C16H23N5O3. The van der Waals surface area contributed by atoms with E-state index >= 15 is 0 Å². The van der Waals surface area contributed by atoms with Crippen molar-refractivity contribution in [3.63, 3.8) is 0 Å². The van der Waals surface area contributed by atoms with E-state index in [0.717, 1.165) is 38.4 Å². The molecule has 0 saturated carbocycles. The van der Waals surface area contributed by atoms with Crippen molar-refractivity contribution in [3.05, 3.63) is 17.8 Å². The average Bonchev–Trinajstić information content (AvgIpc) is 3.13. The summed E-state index contributed by atoms with van der Waals surface area (Å²) in [5.41, 5.74) is 0.305. The molecule has 1 aromatic heterocycles. The molecule has 2 fully saturated rings. The molecule has 0 radical (unpaired) electrons. The molecule has 130 valence electrons. The molecule has 1 atom stereocenters. The molecule has 8 nitrogen and oxygen atoms in total. The number of amides is 2. The maximum Gasteiger partial charge on any atom is 0.271 e. The van der Waals surface area contributed by atoms with Gasteiger partial charge in [0.2, 0.25) is 5.91 Å². The Morgan fingerprint density at radius 2 is 2.04 bits per heavy atom. The number of carbonyl (C=O) groups excluding carboxylic acids is 2. The van der Waals surface area contributed by atoms with Gasteiger partial charge < -0.3 is 19.9 Å². The first-order valence-electron chi connectivity index (χ1n) is 8.37. The van der Waals surface area contributed by atoms with Gasteiger partial charge in [0.05, 0.1) is 6.10 Å². The second-order valence-corrected chi connectivity index (χ2v) is 6.11. The standard InChI is InChI=1S/C16H23N5O3/c1-12(22)20-6-8-21(9-7-20)15-5-4-14(18-19-15)16(23)17-11-13-3-2-10-24-13/h4-5,13H,2-3,6-11H2,1H3,(H,17,23). The third-order valence-corrected chi connectivity index (χ3v) is 4.45. The van der Waals surface area contributed by atoms with Crippen LogP contribution in [0.4, 0.5) is 5.82 Å². The summed E-state index contributed by atoms with van der Waals surface area (Å²) < 4.78 is 5.48. The number of ether oxygens (including phenoxy) is 1. The average molecular weight is 333 g/mol. The Morgan fingerprint density at radius 1 is 1.25 bits per heavy atom. The van der Waals surface area contributed by atoms with Crippen molar-refractivity contribution in [1.29, 1.82) is 0 Å². The first-order chi connectivity index (χ1) is 11.6. The molecule has 1 unspecified atom stereocenters. The lowest BCUT2D eigenvalue weighted by molar-refractivity contribution is -0.129. The van der Waals surface area contributed by atoms with Gasteiger partial charge in [0.1, 0.15) is 0 Å². The van der Waals surface area contributed by atoms with Crippen molar-refractivity contribution in [2.24, 2.45) is 0 Å². The summed E-state index contributed by atoms with van der Waals surface area (Å²) in [4.78, 5) is 27.3. The van der Waals surface area contributed by atoms with E-state index in [9.17, 15) is 9.59 Å². The Hall–Kier alpha value is -2.22. The molecule has 2 amide bonds. The van der Waals surface area contributed by atoms with E-state index in [1.54, 1.807) is 19.1 Å². The summed E-state index contributed by atoms with van der Waals surface area (Å²) in [5, 5.41) is 11.0. The van der Waals surface area contributed by atoms with Crippen molar-refractivity contribution < 1.29 is 14.3 Å². The molecule has 0 bridgehead atoms. The maximum atomic E-state index is 12.1. The smallest absolute Gasteiger partial charge is 0.271 e. The highest BCUT2D eigenvalue weighted by molar-refractivity contribution is 5.92.